The van der Waals surface area contributed by atoms with E-state index < -0.39 is 0 Å². The van der Waals surface area contributed by atoms with Crippen LogP contribution in [0.2, 0.25) is 0 Å². The molecule has 1 heterocycles. The van der Waals surface area contributed by atoms with Gasteiger partial charge in [0.05, 0.1) is 0 Å². The number of hydrogen-bond acceptors (Lipinski definition) is 2. The van der Waals surface area contributed by atoms with Crippen molar-refractivity contribution in [3.63, 3.8) is 0 Å². The topological polar surface area (TPSA) is 12.0 Å². The Morgan fingerprint density at radius 3 is 2.80 bits per heavy atom. The molecule has 0 aliphatic carbocycles. The number of benzene rings is 1. The molecule has 0 unspecified atom stereocenters. The van der Waals surface area contributed by atoms with Crippen molar-refractivity contribution >= 4 is 11.9 Å². The summed E-state index contributed by atoms with van der Waals surface area (Å²) in [5, 5.41) is 0. The summed E-state index contributed by atoms with van der Waals surface area (Å²) >= 11 is 1.79. The minimum absolute atomic E-state index is 1.01. The zero-order valence-electron chi connectivity index (χ0n) is 5.63. The van der Waals surface area contributed by atoms with Crippen molar-refractivity contribution in [1.82, 2.24) is 4.72 Å². The summed E-state index contributed by atoms with van der Waals surface area (Å²) in [6.45, 7) is 1.01. The lowest BCUT2D eigenvalue weighted by atomic mass is 10.1. The van der Waals surface area contributed by atoms with E-state index in [2.05, 4.69) is 29.0 Å². The van der Waals surface area contributed by atoms with Gasteiger partial charge in [-0.05, 0) is 11.1 Å². The van der Waals surface area contributed by atoms with Crippen LogP contribution in [0.1, 0.15) is 11.1 Å². The van der Waals surface area contributed by atoms with Crippen molar-refractivity contribution in [2.24, 2.45) is 0 Å². The molecule has 1 aliphatic rings. The SMILES string of the molecule is c1ccc2c(c1)CNSC2. The van der Waals surface area contributed by atoms with E-state index in [0.29, 0.717) is 0 Å². The van der Waals surface area contributed by atoms with Crippen LogP contribution >= 0.6 is 11.9 Å². The van der Waals surface area contributed by atoms with Crippen LogP contribution in [0.4, 0.5) is 0 Å². The van der Waals surface area contributed by atoms with Crippen molar-refractivity contribution in [3.8, 4) is 0 Å². The molecule has 0 amide bonds. The molecule has 0 atom stereocenters. The summed E-state index contributed by atoms with van der Waals surface area (Å²) in [5.74, 6) is 1.11. The van der Waals surface area contributed by atoms with Gasteiger partial charge in [0.15, 0.2) is 0 Å². The molecule has 0 aromatic heterocycles. The van der Waals surface area contributed by atoms with E-state index in [1.165, 1.54) is 11.1 Å². The predicted octanol–water partition coefficient (Wildman–Crippen LogP) is 1.94. The largest absolute Gasteiger partial charge is 0.259 e. The lowest BCUT2D eigenvalue weighted by Gasteiger charge is -2.14. The molecule has 10 heavy (non-hydrogen) atoms. The van der Waals surface area contributed by atoms with Gasteiger partial charge in [0.1, 0.15) is 0 Å². The van der Waals surface area contributed by atoms with Crippen molar-refractivity contribution < 1.29 is 0 Å². The molecule has 52 valence electrons. The fourth-order valence-electron chi connectivity index (χ4n) is 1.13. The van der Waals surface area contributed by atoms with E-state index in [1.54, 1.807) is 11.9 Å². The molecular formula is C8H9NS. The molecule has 2 rings (SSSR count). The first kappa shape index (κ1) is 6.25. The van der Waals surface area contributed by atoms with Gasteiger partial charge in [-0.25, -0.2) is 0 Å². The Bertz CT molecular complexity index is 209. The van der Waals surface area contributed by atoms with Gasteiger partial charge in [-0.15, -0.1) is 0 Å². The Morgan fingerprint density at radius 1 is 1.20 bits per heavy atom. The van der Waals surface area contributed by atoms with E-state index in [4.69, 9.17) is 0 Å². The van der Waals surface area contributed by atoms with Crippen molar-refractivity contribution in [2.75, 3.05) is 0 Å². The van der Waals surface area contributed by atoms with Gasteiger partial charge in [-0.2, -0.15) is 0 Å². The van der Waals surface area contributed by atoms with E-state index in [0.717, 1.165) is 12.3 Å². The zero-order chi connectivity index (χ0) is 6.81. The first-order chi connectivity index (χ1) is 4.97. The lowest BCUT2D eigenvalue weighted by molar-refractivity contribution is 0.935. The highest BCUT2D eigenvalue weighted by Crippen LogP contribution is 2.19. The molecule has 0 saturated carbocycles. The molecule has 1 N–H and O–H groups in total. The Hall–Kier alpha value is -0.470. The molecule has 0 spiro atoms. The normalized spacial score (nSPS) is 16.4. The van der Waals surface area contributed by atoms with Crippen molar-refractivity contribution in [3.05, 3.63) is 35.4 Å². The van der Waals surface area contributed by atoms with Crippen LogP contribution in [0.5, 0.6) is 0 Å². The highest BCUT2D eigenvalue weighted by Gasteiger charge is 2.05. The van der Waals surface area contributed by atoms with Gasteiger partial charge in [0.2, 0.25) is 0 Å². The zero-order valence-corrected chi connectivity index (χ0v) is 6.45. The monoisotopic (exact) mass is 151 g/mol. The first-order valence-electron chi connectivity index (χ1n) is 3.38. The smallest absolute Gasteiger partial charge is 0.0333 e. The van der Waals surface area contributed by atoms with Crippen LogP contribution in [0.15, 0.2) is 24.3 Å². The van der Waals surface area contributed by atoms with Gasteiger partial charge < -0.3 is 0 Å². The third kappa shape index (κ3) is 1.04. The second-order valence-corrected chi connectivity index (χ2v) is 3.24. The van der Waals surface area contributed by atoms with Crippen molar-refractivity contribution in [1.29, 1.82) is 0 Å². The Labute approximate surface area is 65.0 Å². The fourth-order valence-corrected chi connectivity index (χ4v) is 1.93. The Morgan fingerprint density at radius 2 is 2.00 bits per heavy atom. The maximum atomic E-state index is 3.26. The van der Waals surface area contributed by atoms with E-state index in [9.17, 15) is 0 Å². The van der Waals surface area contributed by atoms with E-state index in [1.807, 2.05) is 0 Å². The average Bonchev–Trinajstić information content (AvgIpc) is 2.05. The lowest BCUT2D eigenvalue weighted by Crippen LogP contribution is -2.11. The van der Waals surface area contributed by atoms with Gasteiger partial charge >= 0.3 is 0 Å². The predicted molar refractivity (Wildman–Crippen MR) is 44.6 cm³/mol. The fraction of sp³-hybridized carbons (Fsp3) is 0.250. The summed E-state index contributed by atoms with van der Waals surface area (Å²) in [5.41, 5.74) is 2.92. The summed E-state index contributed by atoms with van der Waals surface area (Å²) in [6, 6.07) is 8.58. The quantitative estimate of drug-likeness (QED) is 0.569. The maximum Gasteiger partial charge on any atom is 0.0333 e. The minimum Gasteiger partial charge on any atom is -0.259 e. The number of nitrogens with one attached hydrogen (secondary N) is 1. The number of fused-ring (bicyclic) bond motifs is 1. The standard InChI is InChI=1S/C8H9NS/c1-2-4-8-6-10-9-5-7(8)3-1/h1-4,9H,5-6H2. The highest BCUT2D eigenvalue weighted by molar-refractivity contribution is 7.96. The van der Waals surface area contributed by atoms with Gasteiger partial charge in [-0.1, -0.05) is 36.2 Å². The van der Waals surface area contributed by atoms with Crippen LogP contribution < -0.4 is 4.72 Å². The molecule has 0 radical (unpaired) electrons. The van der Waals surface area contributed by atoms with Crippen LogP contribution in [-0.2, 0) is 12.3 Å². The number of hydrogen-bond donors (Lipinski definition) is 1. The molecule has 1 aromatic carbocycles. The minimum atomic E-state index is 1.01. The Kier molecular flexibility index (Phi) is 1.65. The van der Waals surface area contributed by atoms with Crippen LogP contribution in [0, 0.1) is 0 Å². The van der Waals surface area contributed by atoms with Crippen LogP contribution in [0.3, 0.4) is 0 Å². The van der Waals surface area contributed by atoms with E-state index >= 15 is 0 Å². The van der Waals surface area contributed by atoms with Gasteiger partial charge in [-0.3, -0.25) is 4.72 Å². The molecular weight excluding hydrogens is 142 g/mol. The van der Waals surface area contributed by atoms with Crippen LogP contribution in [0.25, 0.3) is 0 Å². The van der Waals surface area contributed by atoms with Gasteiger partial charge in [0, 0.05) is 12.3 Å². The molecule has 1 nitrogen and oxygen atoms in total. The molecule has 2 heteroatoms. The number of rotatable bonds is 0. The third-order valence-corrected chi connectivity index (χ3v) is 2.51. The summed E-state index contributed by atoms with van der Waals surface area (Å²) in [7, 11) is 0. The maximum absolute atomic E-state index is 3.26. The molecule has 1 aromatic rings. The molecule has 0 fully saturated rings. The van der Waals surface area contributed by atoms with Crippen LogP contribution in [-0.4, -0.2) is 0 Å². The average molecular weight is 151 g/mol. The molecule has 0 bridgehead atoms. The van der Waals surface area contributed by atoms with E-state index in [-0.39, 0.29) is 0 Å². The highest BCUT2D eigenvalue weighted by atomic mass is 32.2. The summed E-state index contributed by atoms with van der Waals surface area (Å²) < 4.78 is 3.26. The van der Waals surface area contributed by atoms with Gasteiger partial charge in [0.25, 0.3) is 0 Å². The Balaban J connectivity index is 2.41. The van der Waals surface area contributed by atoms with Crippen molar-refractivity contribution in [2.45, 2.75) is 12.3 Å². The molecule has 0 saturated heterocycles. The second kappa shape index (κ2) is 2.64. The first-order valence-corrected chi connectivity index (χ1v) is 4.37. The third-order valence-electron chi connectivity index (χ3n) is 1.71. The summed E-state index contributed by atoms with van der Waals surface area (Å²) in [6.07, 6.45) is 0. The summed E-state index contributed by atoms with van der Waals surface area (Å²) in [4.78, 5) is 0. The molecule has 1 aliphatic heterocycles. The second-order valence-electron chi connectivity index (χ2n) is 2.38.